The number of carbonyl (C=O) groups is 2. The zero-order valence-electron chi connectivity index (χ0n) is 43.0. The lowest BCUT2D eigenvalue weighted by atomic mass is 10.0. The highest BCUT2D eigenvalue weighted by molar-refractivity contribution is 5.77. The van der Waals surface area contributed by atoms with Crippen LogP contribution >= 0.6 is 0 Å². The molecule has 0 aliphatic carbocycles. The van der Waals surface area contributed by atoms with Crippen LogP contribution in [0.1, 0.15) is 329 Å². The van der Waals surface area contributed by atoms with E-state index in [2.05, 4.69) is 26.1 Å². The number of hydrogen-bond acceptors (Lipinski definition) is 5. The fourth-order valence-electron chi connectivity index (χ4n) is 9.32. The molecule has 0 saturated carbocycles. The van der Waals surface area contributed by atoms with E-state index in [4.69, 9.17) is 4.74 Å². The van der Waals surface area contributed by atoms with Crippen LogP contribution in [0, 0.1) is 0 Å². The molecule has 0 radical (unpaired) electrons. The summed E-state index contributed by atoms with van der Waals surface area (Å²) in [6, 6.07) is -0.693. The van der Waals surface area contributed by atoms with Gasteiger partial charge in [-0.05, 0) is 25.7 Å². The highest BCUT2D eigenvalue weighted by Gasteiger charge is 2.24. The molecule has 6 heteroatoms. The Morgan fingerprint density at radius 1 is 0.397 bits per heavy atom. The first-order valence-electron chi connectivity index (χ1n) is 28.8. The Balaban J connectivity index is 4.49. The molecule has 63 heavy (non-hydrogen) atoms. The molecule has 0 spiro atoms. The van der Waals surface area contributed by atoms with Gasteiger partial charge in [0.1, 0.15) is 6.10 Å². The summed E-state index contributed by atoms with van der Waals surface area (Å²) in [6.45, 7) is 6.53. The minimum Gasteiger partial charge on any atom is -0.462 e. The van der Waals surface area contributed by atoms with Crippen molar-refractivity contribution in [3.63, 3.8) is 0 Å². The summed E-state index contributed by atoms with van der Waals surface area (Å²) < 4.78 is 5.97. The van der Waals surface area contributed by atoms with Crippen molar-refractivity contribution < 1.29 is 24.5 Å². The van der Waals surface area contributed by atoms with Crippen LogP contribution in [0.2, 0.25) is 0 Å². The summed E-state index contributed by atoms with van der Waals surface area (Å²) in [5.74, 6) is -0.445. The lowest BCUT2D eigenvalue weighted by molar-refractivity contribution is -0.151. The standard InChI is InChI=1S/C57H113NO5/c1-4-7-10-13-16-19-22-25-28-30-33-36-39-42-45-48-53(63-57(62)50-47-44-41-38-35-32-29-26-23-20-17-14-11-8-5-2)51-56(61)58-54(52-59)55(60)49-46-43-40-37-34-31-27-24-21-18-15-12-9-6-3/h53-55,59-60H,4-52H2,1-3H3,(H,58,61). The van der Waals surface area contributed by atoms with Gasteiger partial charge in [-0.25, -0.2) is 0 Å². The molecule has 6 nitrogen and oxygen atoms in total. The second kappa shape index (κ2) is 51.8. The first-order valence-corrected chi connectivity index (χ1v) is 28.8. The van der Waals surface area contributed by atoms with Gasteiger partial charge in [0.15, 0.2) is 0 Å². The van der Waals surface area contributed by atoms with Gasteiger partial charge in [0.05, 0.1) is 25.2 Å². The number of nitrogens with one attached hydrogen (secondary N) is 1. The number of aliphatic hydroxyl groups excluding tert-OH is 2. The molecule has 3 N–H and O–H groups in total. The summed E-state index contributed by atoms with van der Waals surface area (Å²) in [7, 11) is 0. The fourth-order valence-corrected chi connectivity index (χ4v) is 9.32. The number of amides is 1. The summed E-state index contributed by atoms with van der Waals surface area (Å²) in [5.41, 5.74) is 0. The molecule has 0 heterocycles. The van der Waals surface area contributed by atoms with Crippen LogP contribution < -0.4 is 5.32 Å². The average Bonchev–Trinajstić information content (AvgIpc) is 3.28. The fraction of sp³-hybridized carbons (Fsp3) is 0.965. The quantitative estimate of drug-likeness (QED) is 0.0418. The van der Waals surface area contributed by atoms with Crippen molar-refractivity contribution in [2.24, 2.45) is 0 Å². The number of esters is 1. The molecule has 0 bridgehead atoms. The van der Waals surface area contributed by atoms with Crippen LogP contribution in [-0.2, 0) is 14.3 Å². The number of hydrogen-bond donors (Lipinski definition) is 3. The zero-order valence-corrected chi connectivity index (χ0v) is 43.0. The largest absolute Gasteiger partial charge is 0.462 e. The van der Waals surface area contributed by atoms with Crippen LogP contribution in [0.25, 0.3) is 0 Å². The molecule has 0 aromatic carbocycles. The van der Waals surface area contributed by atoms with Crippen molar-refractivity contribution in [1.29, 1.82) is 0 Å². The molecule has 0 fully saturated rings. The first-order chi connectivity index (χ1) is 31.0. The van der Waals surface area contributed by atoms with Gasteiger partial charge in [-0.2, -0.15) is 0 Å². The molecule has 0 aliphatic heterocycles. The molecule has 0 aromatic heterocycles. The van der Waals surface area contributed by atoms with Gasteiger partial charge in [0, 0.05) is 6.42 Å². The van der Waals surface area contributed by atoms with Crippen molar-refractivity contribution in [2.75, 3.05) is 6.61 Å². The Morgan fingerprint density at radius 3 is 0.968 bits per heavy atom. The van der Waals surface area contributed by atoms with Crippen LogP contribution in [0.3, 0.4) is 0 Å². The second-order valence-electron chi connectivity index (χ2n) is 20.1. The molecule has 0 saturated heterocycles. The van der Waals surface area contributed by atoms with Crippen LogP contribution in [0.4, 0.5) is 0 Å². The van der Waals surface area contributed by atoms with Crippen molar-refractivity contribution >= 4 is 11.9 Å². The molecular weight excluding hydrogens is 779 g/mol. The highest BCUT2D eigenvalue weighted by Crippen LogP contribution is 2.19. The lowest BCUT2D eigenvalue weighted by Crippen LogP contribution is -2.46. The Bertz CT molecular complexity index is 913. The number of rotatable bonds is 53. The third-order valence-corrected chi connectivity index (χ3v) is 13.7. The normalized spacial score (nSPS) is 13.0. The Hall–Kier alpha value is -1.14. The van der Waals surface area contributed by atoms with Crippen molar-refractivity contribution in [3.05, 3.63) is 0 Å². The third kappa shape index (κ3) is 47.2. The molecule has 3 unspecified atom stereocenters. The molecule has 376 valence electrons. The number of ether oxygens (including phenoxy) is 1. The van der Waals surface area contributed by atoms with Crippen molar-refractivity contribution in [2.45, 2.75) is 347 Å². The van der Waals surface area contributed by atoms with Gasteiger partial charge in [-0.1, -0.05) is 290 Å². The van der Waals surface area contributed by atoms with Gasteiger partial charge in [-0.15, -0.1) is 0 Å². The van der Waals surface area contributed by atoms with E-state index >= 15 is 0 Å². The Kier molecular flexibility index (Phi) is 50.9. The number of aliphatic hydroxyl groups is 2. The highest BCUT2D eigenvalue weighted by atomic mass is 16.5. The van der Waals surface area contributed by atoms with Gasteiger partial charge >= 0.3 is 5.97 Å². The molecular formula is C57H113NO5. The van der Waals surface area contributed by atoms with Gasteiger partial charge in [-0.3, -0.25) is 9.59 Å². The predicted octanol–water partition coefficient (Wildman–Crippen LogP) is 17.5. The van der Waals surface area contributed by atoms with E-state index in [0.29, 0.717) is 19.3 Å². The molecule has 3 atom stereocenters. The Morgan fingerprint density at radius 2 is 0.667 bits per heavy atom. The van der Waals surface area contributed by atoms with E-state index in [1.54, 1.807) is 0 Å². The summed E-state index contributed by atoms with van der Waals surface area (Å²) in [6.07, 6.45) is 57.3. The van der Waals surface area contributed by atoms with E-state index in [-0.39, 0.29) is 24.9 Å². The summed E-state index contributed by atoms with van der Waals surface area (Å²) in [4.78, 5) is 26.2. The first kappa shape index (κ1) is 61.9. The molecule has 0 aromatic rings. The van der Waals surface area contributed by atoms with Gasteiger partial charge < -0.3 is 20.3 Å². The maximum Gasteiger partial charge on any atom is 0.306 e. The third-order valence-electron chi connectivity index (χ3n) is 13.7. The second-order valence-corrected chi connectivity index (χ2v) is 20.1. The van der Waals surface area contributed by atoms with Gasteiger partial charge in [0.2, 0.25) is 5.91 Å². The van der Waals surface area contributed by atoms with E-state index in [1.807, 2.05) is 0 Å². The van der Waals surface area contributed by atoms with E-state index in [9.17, 15) is 19.8 Å². The summed E-state index contributed by atoms with van der Waals surface area (Å²) >= 11 is 0. The minimum atomic E-state index is -0.780. The van der Waals surface area contributed by atoms with Crippen LogP contribution in [-0.4, -0.2) is 46.9 Å². The lowest BCUT2D eigenvalue weighted by Gasteiger charge is -2.24. The summed E-state index contributed by atoms with van der Waals surface area (Å²) in [5, 5.41) is 23.9. The smallest absolute Gasteiger partial charge is 0.306 e. The monoisotopic (exact) mass is 892 g/mol. The van der Waals surface area contributed by atoms with Crippen LogP contribution in [0.15, 0.2) is 0 Å². The van der Waals surface area contributed by atoms with Crippen LogP contribution in [0.5, 0.6) is 0 Å². The minimum absolute atomic E-state index is 0.0886. The molecule has 1 amide bonds. The number of carbonyl (C=O) groups excluding carboxylic acids is 2. The Labute approximate surface area is 394 Å². The molecule has 0 aliphatic rings. The van der Waals surface area contributed by atoms with E-state index < -0.39 is 18.2 Å². The maximum absolute atomic E-state index is 13.3. The van der Waals surface area contributed by atoms with Crippen molar-refractivity contribution in [3.8, 4) is 0 Å². The molecule has 0 rings (SSSR count). The number of unbranched alkanes of at least 4 members (excludes halogenated alkanes) is 41. The van der Waals surface area contributed by atoms with Crippen molar-refractivity contribution in [1.82, 2.24) is 5.32 Å². The maximum atomic E-state index is 13.3. The van der Waals surface area contributed by atoms with E-state index in [0.717, 1.165) is 38.5 Å². The predicted molar refractivity (Wildman–Crippen MR) is 274 cm³/mol. The zero-order chi connectivity index (χ0) is 45.9. The SMILES string of the molecule is CCCCCCCCCCCCCCCCCC(=O)OC(CCCCCCCCCCCCCCCCC)CC(=O)NC(CO)C(O)CCCCCCCCCCCCCCCC. The van der Waals surface area contributed by atoms with E-state index in [1.165, 1.54) is 244 Å². The average molecular weight is 893 g/mol. The van der Waals surface area contributed by atoms with Gasteiger partial charge in [0.25, 0.3) is 0 Å². The topological polar surface area (TPSA) is 95.9 Å².